The smallest absolute Gasteiger partial charge is 0.251 e. The zero-order chi connectivity index (χ0) is 12.3. The van der Waals surface area contributed by atoms with Crippen LogP contribution in [0.4, 0.5) is 5.69 Å². The first-order chi connectivity index (χ1) is 8.16. The third-order valence-corrected chi connectivity index (χ3v) is 3.09. The van der Waals surface area contributed by atoms with Crippen LogP contribution in [0.25, 0.3) is 0 Å². The minimum atomic E-state index is -0.135. The van der Waals surface area contributed by atoms with Crippen molar-refractivity contribution in [2.45, 2.75) is 13.5 Å². The largest absolute Gasteiger partial charge is 0.398 e. The van der Waals surface area contributed by atoms with E-state index in [2.05, 4.69) is 10.3 Å². The number of nitrogen functional groups attached to an aromatic ring is 1. The molecule has 0 saturated carbocycles. The number of hydrogen-bond donors (Lipinski definition) is 2. The lowest BCUT2D eigenvalue weighted by Gasteiger charge is -2.05. The maximum absolute atomic E-state index is 11.8. The minimum absolute atomic E-state index is 0.135. The van der Waals surface area contributed by atoms with E-state index in [9.17, 15) is 4.79 Å². The molecule has 0 saturated heterocycles. The second-order valence-corrected chi connectivity index (χ2v) is 4.45. The van der Waals surface area contributed by atoms with Crippen LogP contribution in [-0.2, 0) is 6.54 Å². The van der Waals surface area contributed by atoms with E-state index in [-0.39, 0.29) is 5.91 Å². The zero-order valence-corrected chi connectivity index (χ0v) is 10.3. The van der Waals surface area contributed by atoms with Gasteiger partial charge in [0.2, 0.25) is 0 Å². The molecule has 0 aliphatic carbocycles. The van der Waals surface area contributed by atoms with E-state index >= 15 is 0 Å². The second kappa shape index (κ2) is 4.97. The topological polar surface area (TPSA) is 68.0 Å². The fourth-order valence-corrected chi connectivity index (χ4v) is 1.94. The molecule has 5 heteroatoms. The Hall–Kier alpha value is -1.88. The Kier molecular flexibility index (Phi) is 3.39. The monoisotopic (exact) mass is 247 g/mol. The summed E-state index contributed by atoms with van der Waals surface area (Å²) in [4.78, 5) is 15.9. The number of hydrogen-bond acceptors (Lipinski definition) is 4. The van der Waals surface area contributed by atoms with Gasteiger partial charge in [-0.3, -0.25) is 4.79 Å². The van der Waals surface area contributed by atoms with Crippen molar-refractivity contribution in [1.29, 1.82) is 0 Å². The number of thiazole rings is 1. The van der Waals surface area contributed by atoms with Crippen molar-refractivity contribution < 1.29 is 4.79 Å². The normalized spacial score (nSPS) is 10.2. The maximum Gasteiger partial charge on any atom is 0.251 e. The summed E-state index contributed by atoms with van der Waals surface area (Å²) in [6.45, 7) is 2.35. The molecule has 17 heavy (non-hydrogen) atoms. The van der Waals surface area contributed by atoms with Crippen molar-refractivity contribution in [3.63, 3.8) is 0 Å². The lowest BCUT2D eigenvalue weighted by Crippen LogP contribution is -2.23. The number of rotatable bonds is 3. The highest BCUT2D eigenvalue weighted by Gasteiger charge is 2.06. The van der Waals surface area contributed by atoms with Crippen molar-refractivity contribution in [3.05, 3.63) is 45.9 Å². The van der Waals surface area contributed by atoms with E-state index in [0.717, 1.165) is 11.3 Å². The molecule has 0 spiro atoms. The molecule has 0 atom stereocenters. The SMILES string of the molecule is Cc1ccc(C(=O)NCc2cscn2)cc1N. The number of carbonyl (C=O) groups excluding carboxylic acids is 1. The number of nitrogens with one attached hydrogen (secondary N) is 1. The number of carbonyl (C=O) groups is 1. The van der Waals surface area contributed by atoms with Crippen molar-refractivity contribution in [3.8, 4) is 0 Å². The first kappa shape index (κ1) is 11.6. The Morgan fingerprint density at radius 2 is 2.35 bits per heavy atom. The molecule has 1 aromatic carbocycles. The number of aryl methyl sites for hydroxylation is 1. The van der Waals surface area contributed by atoms with E-state index in [1.165, 1.54) is 11.3 Å². The van der Waals surface area contributed by atoms with Gasteiger partial charge in [0.25, 0.3) is 5.91 Å². The average Bonchev–Trinajstić information content (AvgIpc) is 2.82. The van der Waals surface area contributed by atoms with Crippen LogP contribution in [0.2, 0.25) is 0 Å². The Morgan fingerprint density at radius 1 is 1.53 bits per heavy atom. The van der Waals surface area contributed by atoms with Crippen molar-refractivity contribution in [1.82, 2.24) is 10.3 Å². The minimum Gasteiger partial charge on any atom is -0.398 e. The van der Waals surface area contributed by atoms with Gasteiger partial charge in [0, 0.05) is 16.6 Å². The molecule has 2 rings (SSSR count). The molecule has 0 aliphatic rings. The van der Waals surface area contributed by atoms with Crippen LogP contribution in [0.15, 0.2) is 29.1 Å². The molecular weight excluding hydrogens is 234 g/mol. The predicted octanol–water partition coefficient (Wildman–Crippen LogP) is 1.96. The standard InChI is InChI=1S/C12H13N3OS/c1-8-2-3-9(4-11(8)13)12(16)14-5-10-6-17-7-15-10/h2-4,6-7H,5,13H2,1H3,(H,14,16). The van der Waals surface area contributed by atoms with Crippen LogP contribution >= 0.6 is 11.3 Å². The summed E-state index contributed by atoms with van der Waals surface area (Å²) in [5.41, 5.74) is 10.5. The molecule has 0 aliphatic heterocycles. The van der Waals surface area contributed by atoms with E-state index in [4.69, 9.17) is 5.73 Å². The van der Waals surface area contributed by atoms with Crippen molar-refractivity contribution in [2.75, 3.05) is 5.73 Å². The van der Waals surface area contributed by atoms with Gasteiger partial charge in [0.15, 0.2) is 0 Å². The highest BCUT2D eigenvalue weighted by atomic mass is 32.1. The van der Waals surface area contributed by atoms with Crippen LogP contribution in [0.5, 0.6) is 0 Å². The molecule has 1 heterocycles. The van der Waals surface area contributed by atoms with Crippen LogP contribution in [0.1, 0.15) is 21.6 Å². The summed E-state index contributed by atoms with van der Waals surface area (Å²) in [6, 6.07) is 5.29. The van der Waals surface area contributed by atoms with Crippen LogP contribution in [-0.4, -0.2) is 10.9 Å². The number of nitrogens with two attached hydrogens (primary N) is 1. The predicted molar refractivity (Wildman–Crippen MR) is 68.9 cm³/mol. The molecule has 3 N–H and O–H groups in total. The first-order valence-electron chi connectivity index (χ1n) is 5.18. The molecule has 0 radical (unpaired) electrons. The summed E-state index contributed by atoms with van der Waals surface area (Å²) in [5.74, 6) is -0.135. The molecule has 0 bridgehead atoms. The van der Waals surface area contributed by atoms with Gasteiger partial charge in [-0.1, -0.05) is 6.07 Å². The Bertz CT molecular complexity index is 523. The van der Waals surface area contributed by atoms with E-state index in [0.29, 0.717) is 17.8 Å². The summed E-state index contributed by atoms with van der Waals surface area (Å²) in [6.07, 6.45) is 0. The Labute approximate surface area is 103 Å². The van der Waals surface area contributed by atoms with E-state index in [1.54, 1.807) is 17.6 Å². The van der Waals surface area contributed by atoms with Crippen molar-refractivity contribution in [2.24, 2.45) is 0 Å². The first-order valence-corrected chi connectivity index (χ1v) is 6.12. The molecular formula is C12H13N3OS. The van der Waals surface area contributed by atoms with Gasteiger partial charge in [0.05, 0.1) is 17.7 Å². The van der Waals surface area contributed by atoms with Gasteiger partial charge in [-0.25, -0.2) is 4.98 Å². The average molecular weight is 247 g/mol. The van der Waals surface area contributed by atoms with Crippen molar-refractivity contribution >= 4 is 22.9 Å². The summed E-state index contributed by atoms with van der Waals surface area (Å²) in [5, 5.41) is 4.70. The summed E-state index contributed by atoms with van der Waals surface area (Å²) in [7, 11) is 0. The Morgan fingerprint density at radius 3 is 3.00 bits per heavy atom. The molecule has 88 valence electrons. The lowest BCUT2D eigenvalue weighted by molar-refractivity contribution is 0.0950. The fraction of sp³-hybridized carbons (Fsp3) is 0.167. The van der Waals surface area contributed by atoms with Gasteiger partial charge in [0.1, 0.15) is 0 Å². The molecule has 0 fully saturated rings. The van der Waals surface area contributed by atoms with Gasteiger partial charge in [-0.15, -0.1) is 11.3 Å². The summed E-state index contributed by atoms with van der Waals surface area (Å²) < 4.78 is 0. The summed E-state index contributed by atoms with van der Waals surface area (Å²) >= 11 is 1.51. The Balaban J connectivity index is 2.02. The third kappa shape index (κ3) is 2.82. The number of anilines is 1. The molecule has 1 amide bonds. The number of amides is 1. The zero-order valence-electron chi connectivity index (χ0n) is 9.43. The fourth-order valence-electron chi connectivity index (χ4n) is 1.38. The molecule has 0 unspecified atom stereocenters. The highest BCUT2D eigenvalue weighted by Crippen LogP contribution is 2.12. The van der Waals surface area contributed by atoms with Gasteiger partial charge >= 0.3 is 0 Å². The van der Waals surface area contributed by atoms with Gasteiger partial charge in [-0.05, 0) is 24.6 Å². The quantitative estimate of drug-likeness (QED) is 0.815. The highest BCUT2D eigenvalue weighted by molar-refractivity contribution is 7.07. The number of benzene rings is 1. The van der Waals surface area contributed by atoms with Gasteiger partial charge in [-0.2, -0.15) is 0 Å². The number of nitrogens with zero attached hydrogens (tertiary/aromatic N) is 1. The third-order valence-electron chi connectivity index (χ3n) is 2.45. The lowest BCUT2D eigenvalue weighted by atomic mass is 10.1. The van der Waals surface area contributed by atoms with Crippen LogP contribution in [0.3, 0.4) is 0 Å². The van der Waals surface area contributed by atoms with E-state index < -0.39 is 0 Å². The van der Waals surface area contributed by atoms with Gasteiger partial charge < -0.3 is 11.1 Å². The maximum atomic E-state index is 11.8. The molecule has 1 aromatic heterocycles. The molecule has 4 nitrogen and oxygen atoms in total. The van der Waals surface area contributed by atoms with Crippen LogP contribution < -0.4 is 11.1 Å². The van der Waals surface area contributed by atoms with E-state index in [1.807, 2.05) is 18.4 Å². The van der Waals surface area contributed by atoms with Crippen LogP contribution in [0, 0.1) is 6.92 Å². The number of aromatic nitrogens is 1. The molecule has 2 aromatic rings. The second-order valence-electron chi connectivity index (χ2n) is 3.73.